The molecule has 0 aromatic rings. The molecule has 1 unspecified atom stereocenters. The van der Waals surface area contributed by atoms with Crippen molar-refractivity contribution in [3.05, 3.63) is 0 Å². The first kappa shape index (κ1) is 11.5. The summed E-state index contributed by atoms with van der Waals surface area (Å²) in [4.78, 5) is 10.9. The molecule has 0 heterocycles. The molecule has 2 heteroatoms. The van der Waals surface area contributed by atoms with E-state index in [9.17, 15) is 4.79 Å². The third-order valence-electron chi connectivity index (χ3n) is 2.35. The van der Waals surface area contributed by atoms with Crippen LogP contribution in [0.25, 0.3) is 0 Å². The summed E-state index contributed by atoms with van der Waals surface area (Å²) in [5.41, 5.74) is 0. The lowest BCUT2D eigenvalue weighted by Gasteiger charge is -2.27. The Kier molecular flexibility index (Phi) is 4.95. The van der Waals surface area contributed by atoms with Gasteiger partial charge in [-0.2, -0.15) is 0 Å². The first-order chi connectivity index (χ1) is 5.49. The quantitative estimate of drug-likeness (QED) is 0.690. The van der Waals surface area contributed by atoms with Crippen molar-refractivity contribution in [2.45, 2.75) is 47.1 Å². The highest BCUT2D eigenvalue weighted by molar-refractivity contribution is 5.73. The van der Waals surface area contributed by atoms with E-state index in [2.05, 4.69) is 33.0 Å². The molecule has 0 aromatic carbocycles. The summed E-state index contributed by atoms with van der Waals surface area (Å²) < 4.78 is 0. The second-order valence-corrected chi connectivity index (χ2v) is 3.86. The van der Waals surface area contributed by atoms with Crippen molar-refractivity contribution >= 4 is 5.91 Å². The van der Waals surface area contributed by atoms with E-state index in [4.69, 9.17) is 0 Å². The molecule has 0 spiro atoms. The fourth-order valence-corrected chi connectivity index (χ4v) is 1.45. The van der Waals surface area contributed by atoms with Crippen molar-refractivity contribution in [3.63, 3.8) is 0 Å². The molecule has 72 valence electrons. The van der Waals surface area contributed by atoms with Gasteiger partial charge in [0.1, 0.15) is 0 Å². The Bertz CT molecular complexity index is 143. The first-order valence-electron chi connectivity index (χ1n) is 4.76. The molecule has 0 saturated carbocycles. The molecule has 0 aliphatic heterocycles. The van der Waals surface area contributed by atoms with Crippen LogP contribution in [0, 0.1) is 11.8 Å². The SMILES string of the molecule is CC[C@H](C)C(NC(C)=O)C(C)C. The van der Waals surface area contributed by atoms with E-state index in [0.717, 1.165) is 6.42 Å². The van der Waals surface area contributed by atoms with Crippen LogP contribution in [0.3, 0.4) is 0 Å². The summed E-state index contributed by atoms with van der Waals surface area (Å²) in [7, 11) is 0. The number of rotatable bonds is 4. The normalized spacial score (nSPS) is 15.8. The van der Waals surface area contributed by atoms with Gasteiger partial charge >= 0.3 is 0 Å². The van der Waals surface area contributed by atoms with Gasteiger partial charge in [-0.05, 0) is 11.8 Å². The van der Waals surface area contributed by atoms with Gasteiger partial charge in [0.05, 0.1) is 0 Å². The number of hydrogen-bond acceptors (Lipinski definition) is 1. The van der Waals surface area contributed by atoms with E-state index in [1.54, 1.807) is 6.92 Å². The number of carbonyl (C=O) groups is 1. The lowest BCUT2D eigenvalue weighted by Crippen LogP contribution is -2.41. The number of hydrogen-bond donors (Lipinski definition) is 1. The highest BCUT2D eigenvalue weighted by Gasteiger charge is 2.19. The van der Waals surface area contributed by atoms with Gasteiger partial charge in [0, 0.05) is 13.0 Å². The molecule has 1 N–H and O–H groups in total. The molecular weight excluding hydrogens is 150 g/mol. The van der Waals surface area contributed by atoms with Crippen molar-refractivity contribution in [1.82, 2.24) is 5.32 Å². The van der Waals surface area contributed by atoms with Gasteiger partial charge < -0.3 is 5.32 Å². The summed E-state index contributed by atoms with van der Waals surface area (Å²) in [6.45, 7) is 10.2. The Labute approximate surface area is 75.7 Å². The maximum atomic E-state index is 10.9. The molecule has 0 rings (SSSR count). The zero-order valence-corrected chi connectivity index (χ0v) is 8.85. The van der Waals surface area contributed by atoms with Crippen LogP contribution >= 0.6 is 0 Å². The zero-order valence-electron chi connectivity index (χ0n) is 8.85. The standard InChI is InChI=1S/C10H21NO/c1-6-8(4)10(7(2)3)11-9(5)12/h7-8,10H,6H2,1-5H3,(H,11,12)/t8-,10?/m0/s1. The molecule has 0 bridgehead atoms. The van der Waals surface area contributed by atoms with Crippen molar-refractivity contribution < 1.29 is 4.79 Å². The van der Waals surface area contributed by atoms with Crippen molar-refractivity contribution in [1.29, 1.82) is 0 Å². The molecule has 1 amide bonds. The minimum absolute atomic E-state index is 0.0778. The van der Waals surface area contributed by atoms with Crippen LogP contribution in [0.1, 0.15) is 41.0 Å². The third kappa shape index (κ3) is 3.74. The Morgan fingerprint density at radius 1 is 1.33 bits per heavy atom. The van der Waals surface area contributed by atoms with Gasteiger partial charge in [0.25, 0.3) is 0 Å². The van der Waals surface area contributed by atoms with Crippen LogP contribution in [-0.2, 0) is 4.79 Å². The fourth-order valence-electron chi connectivity index (χ4n) is 1.45. The molecular formula is C10H21NO. The average molecular weight is 171 g/mol. The van der Waals surface area contributed by atoms with Crippen LogP contribution in [0.2, 0.25) is 0 Å². The molecule has 0 aliphatic carbocycles. The van der Waals surface area contributed by atoms with Crippen molar-refractivity contribution in [3.8, 4) is 0 Å². The van der Waals surface area contributed by atoms with E-state index in [1.165, 1.54) is 0 Å². The van der Waals surface area contributed by atoms with Gasteiger partial charge in [-0.25, -0.2) is 0 Å². The molecule has 0 aliphatic rings. The molecule has 0 saturated heterocycles. The topological polar surface area (TPSA) is 29.1 Å². The van der Waals surface area contributed by atoms with E-state index in [1.807, 2.05) is 0 Å². The van der Waals surface area contributed by atoms with Gasteiger partial charge in [-0.15, -0.1) is 0 Å². The molecule has 12 heavy (non-hydrogen) atoms. The number of nitrogens with one attached hydrogen (secondary N) is 1. The summed E-state index contributed by atoms with van der Waals surface area (Å²) in [5.74, 6) is 1.16. The van der Waals surface area contributed by atoms with Gasteiger partial charge in [-0.1, -0.05) is 34.1 Å². The van der Waals surface area contributed by atoms with Gasteiger partial charge in [0.15, 0.2) is 0 Å². The third-order valence-corrected chi connectivity index (χ3v) is 2.35. The summed E-state index contributed by atoms with van der Waals surface area (Å²) in [6.07, 6.45) is 1.11. The summed E-state index contributed by atoms with van der Waals surface area (Å²) in [6, 6.07) is 0.326. The predicted octanol–water partition coefficient (Wildman–Crippen LogP) is 2.19. The summed E-state index contributed by atoms with van der Waals surface area (Å²) in [5, 5.41) is 2.99. The highest BCUT2D eigenvalue weighted by atomic mass is 16.1. The molecule has 0 radical (unpaired) electrons. The minimum Gasteiger partial charge on any atom is -0.353 e. The van der Waals surface area contributed by atoms with Gasteiger partial charge in [-0.3, -0.25) is 4.79 Å². The van der Waals surface area contributed by atoms with E-state index in [0.29, 0.717) is 17.9 Å². The largest absolute Gasteiger partial charge is 0.353 e. The monoisotopic (exact) mass is 171 g/mol. The van der Waals surface area contributed by atoms with E-state index in [-0.39, 0.29) is 5.91 Å². The van der Waals surface area contributed by atoms with Crippen LogP contribution < -0.4 is 5.32 Å². The van der Waals surface area contributed by atoms with Gasteiger partial charge in [0.2, 0.25) is 5.91 Å². The maximum Gasteiger partial charge on any atom is 0.217 e. The van der Waals surface area contributed by atoms with E-state index < -0.39 is 0 Å². The van der Waals surface area contributed by atoms with Crippen LogP contribution in [0.15, 0.2) is 0 Å². The minimum atomic E-state index is 0.0778. The van der Waals surface area contributed by atoms with E-state index >= 15 is 0 Å². The van der Waals surface area contributed by atoms with Crippen molar-refractivity contribution in [2.75, 3.05) is 0 Å². The first-order valence-corrected chi connectivity index (χ1v) is 4.76. The summed E-state index contributed by atoms with van der Waals surface area (Å²) >= 11 is 0. The molecule has 2 nitrogen and oxygen atoms in total. The highest BCUT2D eigenvalue weighted by Crippen LogP contribution is 2.15. The predicted molar refractivity (Wildman–Crippen MR) is 51.9 cm³/mol. The van der Waals surface area contributed by atoms with Crippen molar-refractivity contribution in [2.24, 2.45) is 11.8 Å². The Morgan fingerprint density at radius 3 is 2.08 bits per heavy atom. The van der Waals surface area contributed by atoms with Crippen LogP contribution in [0.5, 0.6) is 0 Å². The van der Waals surface area contributed by atoms with Crippen LogP contribution in [0.4, 0.5) is 0 Å². The maximum absolute atomic E-state index is 10.9. The zero-order chi connectivity index (χ0) is 9.72. The smallest absolute Gasteiger partial charge is 0.217 e. The number of amides is 1. The Morgan fingerprint density at radius 2 is 1.83 bits per heavy atom. The molecule has 0 fully saturated rings. The average Bonchev–Trinajstić information content (AvgIpc) is 1.98. The van der Waals surface area contributed by atoms with Crippen LogP contribution in [-0.4, -0.2) is 11.9 Å². The lowest BCUT2D eigenvalue weighted by molar-refractivity contribution is -0.120. The second-order valence-electron chi connectivity index (χ2n) is 3.86. The fraction of sp³-hybridized carbons (Fsp3) is 0.900. The Balaban J connectivity index is 4.12. The number of carbonyl (C=O) groups excluding carboxylic acids is 1. The molecule has 2 atom stereocenters. The lowest BCUT2D eigenvalue weighted by atomic mass is 9.90. The Hall–Kier alpha value is -0.530. The molecule has 0 aromatic heterocycles. The second kappa shape index (κ2) is 5.18.